The Hall–Kier alpha value is -0.610. The SMILES string of the molecule is CC1(CNC(=O)COC2CCNCC2)CC1. The lowest BCUT2D eigenvalue weighted by molar-refractivity contribution is -0.128. The van der Waals surface area contributed by atoms with Crippen molar-refractivity contribution in [2.24, 2.45) is 5.41 Å². The summed E-state index contributed by atoms with van der Waals surface area (Å²) in [7, 11) is 0. The highest BCUT2D eigenvalue weighted by Crippen LogP contribution is 2.43. The van der Waals surface area contributed by atoms with Crippen LogP contribution >= 0.6 is 0 Å². The molecule has 0 aromatic rings. The molecular formula is C12H22N2O2. The zero-order valence-corrected chi connectivity index (χ0v) is 10.1. The maximum Gasteiger partial charge on any atom is 0.246 e. The van der Waals surface area contributed by atoms with Gasteiger partial charge in [-0.05, 0) is 44.2 Å². The zero-order chi connectivity index (χ0) is 11.4. The first kappa shape index (κ1) is 11.9. The largest absolute Gasteiger partial charge is 0.368 e. The van der Waals surface area contributed by atoms with Crippen LogP contribution in [0.3, 0.4) is 0 Å². The lowest BCUT2D eigenvalue weighted by Gasteiger charge is -2.22. The average molecular weight is 226 g/mol. The lowest BCUT2D eigenvalue weighted by atomic mass is 10.1. The summed E-state index contributed by atoms with van der Waals surface area (Å²) in [5, 5.41) is 6.22. The van der Waals surface area contributed by atoms with Crippen molar-refractivity contribution >= 4 is 5.91 Å². The number of hydrogen-bond donors (Lipinski definition) is 2. The van der Waals surface area contributed by atoms with Crippen LogP contribution in [0.5, 0.6) is 0 Å². The van der Waals surface area contributed by atoms with E-state index in [2.05, 4.69) is 17.6 Å². The van der Waals surface area contributed by atoms with Crippen LogP contribution in [-0.2, 0) is 9.53 Å². The Morgan fingerprint density at radius 2 is 2.12 bits per heavy atom. The van der Waals surface area contributed by atoms with Crippen molar-refractivity contribution < 1.29 is 9.53 Å². The van der Waals surface area contributed by atoms with E-state index in [1.54, 1.807) is 0 Å². The molecule has 1 aliphatic heterocycles. The molecule has 0 unspecified atom stereocenters. The molecule has 0 spiro atoms. The second-order valence-corrected chi connectivity index (χ2v) is 5.35. The van der Waals surface area contributed by atoms with E-state index in [-0.39, 0.29) is 18.6 Å². The van der Waals surface area contributed by atoms with Gasteiger partial charge in [0.2, 0.25) is 5.91 Å². The molecule has 1 heterocycles. The van der Waals surface area contributed by atoms with Crippen molar-refractivity contribution in [2.75, 3.05) is 26.2 Å². The maximum absolute atomic E-state index is 11.5. The molecule has 1 aliphatic carbocycles. The Morgan fingerprint density at radius 1 is 1.44 bits per heavy atom. The van der Waals surface area contributed by atoms with Gasteiger partial charge in [0.1, 0.15) is 6.61 Å². The second kappa shape index (κ2) is 5.15. The van der Waals surface area contributed by atoms with Gasteiger partial charge in [-0.15, -0.1) is 0 Å². The van der Waals surface area contributed by atoms with Crippen LogP contribution in [0.4, 0.5) is 0 Å². The number of ether oxygens (including phenoxy) is 1. The van der Waals surface area contributed by atoms with Gasteiger partial charge in [-0.2, -0.15) is 0 Å². The van der Waals surface area contributed by atoms with Crippen molar-refractivity contribution in [1.29, 1.82) is 0 Å². The first-order valence-electron chi connectivity index (χ1n) is 6.27. The fourth-order valence-corrected chi connectivity index (χ4v) is 1.91. The molecule has 0 radical (unpaired) electrons. The fourth-order valence-electron chi connectivity index (χ4n) is 1.91. The van der Waals surface area contributed by atoms with Crippen molar-refractivity contribution in [3.8, 4) is 0 Å². The second-order valence-electron chi connectivity index (χ2n) is 5.35. The molecule has 1 saturated heterocycles. The standard InChI is InChI=1S/C12H22N2O2/c1-12(4-5-12)9-14-11(15)8-16-10-2-6-13-7-3-10/h10,13H,2-9H2,1H3,(H,14,15). The zero-order valence-electron chi connectivity index (χ0n) is 10.1. The van der Waals surface area contributed by atoms with Gasteiger partial charge < -0.3 is 15.4 Å². The summed E-state index contributed by atoms with van der Waals surface area (Å²) in [4.78, 5) is 11.5. The minimum atomic E-state index is 0.0339. The summed E-state index contributed by atoms with van der Waals surface area (Å²) in [5.74, 6) is 0.0339. The van der Waals surface area contributed by atoms with E-state index >= 15 is 0 Å². The number of hydrogen-bond acceptors (Lipinski definition) is 3. The lowest BCUT2D eigenvalue weighted by Crippen LogP contribution is -2.37. The van der Waals surface area contributed by atoms with E-state index in [0.717, 1.165) is 32.5 Å². The third-order valence-electron chi connectivity index (χ3n) is 3.55. The van der Waals surface area contributed by atoms with E-state index < -0.39 is 0 Å². The third kappa shape index (κ3) is 3.76. The number of carbonyl (C=O) groups excluding carboxylic acids is 1. The minimum Gasteiger partial charge on any atom is -0.368 e. The van der Waals surface area contributed by atoms with Gasteiger partial charge in [0, 0.05) is 6.54 Å². The van der Waals surface area contributed by atoms with Gasteiger partial charge in [-0.3, -0.25) is 4.79 Å². The number of piperidine rings is 1. The van der Waals surface area contributed by atoms with Gasteiger partial charge >= 0.3 is 0 Å². The maximum atomic E-state index is 11.5. The van der Waals surface area contributed by atoms with Gasteiger partial charge in [-0.1, -0.05) is 6.92 Å². The van der Waals surface area contributed by atoms with Gasteiger partial charge in [0.25, 0.3) is 0 Å². The number of nitrogens with one attached hydrogen (secondary N) is 2. The molecule has 2 fully saturated rings. The van der Waals surface area contributed by atoms with Crippen LogP contribution in [0.1, 0.15) is 32.6 Å². The first-order chi connectivity index (χ1) is 7.68. The van der Waals surface area contributed by atoms with E-state index in [1.165, 1.54) is 12.8 Å². The summed E-state index contributed by atoms with van der Waals surface area (Å²) in [6.45, 7) is 5.25. The van der Waals surface area contributed by atoms with Gasteiger partial charge in [-0.25, -0.2) is 0 Å². The predicted molar refractivity (Wildman–Crippen MR) is 62.2 cm³/mol. The summed E-state index contributed by atoms with van der Waals surface area (Å²) in [6, 6.07) is 0. The summed E-state index contributed by atoms with van der Waals surface area (Å²) >= 11 is 0. The Labute approximate surface area is 97.1 Å². The monoisotopic (exact) mass is 226 g/mol. The molecule has 1 amide bonds. The fraction of sp³-hybridized carbons (Fsp3) is 0.917. The molecule has 0 aromatic carbocycles. The molecule has 2 aliphatic rings. The van der Waals surface area contributed by atoms with Crippen molar-refractivity contribution in [3.63, 3.8) is 0 Å². The normalized spacial score (nSPS) is 24.1. The summed E-state index contributed by atoms with van der Waals surface area (Å²) < 4.78 is 5.58. The Bertz CT molecular complexity index is 245. The predicted octanol–water partition coefficient (Wildman–Crippen LogP) is 0.671. The Kier molecular flexibility index (Phi) is 3.82. The summed E-state index contributed by atoms with van der Waals surface area (Å²) in [6.07, 6.45) is 4.78. The molecule has 92 valence electrons. The van der Waals surface area contributed by atoms with E-state index in [0.29, 0.717) is 5.41 Å². The molecule has 16 heavy (non-hydrogen) atoms. The highest BCUT2D eigenvalue weighted by atomic mass is 16.5. The molecular weight excluding hydrogens is 204 g/mol. The molecule has 2 N–H and O–H groups in total. The quantitative estimate of drug-likeness (QED) is 0.724. The van der Waals surface area contributed by atoms with Gasteiger partial charge in [0.05, 0.1) is 6.10 Å². The van der Waals surface area contributed by atoms with Gasteiger partial charge in [0.15, 0.2) is 0 Å². The summed E-state index contributed by atoms with van der Waals surface area (Å²) in [5.41, 5.74) is 0.379. The minimum absolute atomic E-state index is 0.0339. The van der Waals surface area contributed by atoms with E-state index in [1.807, 2.05) is 0 Å². The van der Waals surface area contributed by atoms with Crippen LogP contribution in [0, 0.1) is 5.41 Å². The molecule has 0 aromatic heterocycles. The van der Waals surface area contributed by atoms with E-state index in [9.17, 15) is 4.79 Å². The molecule has 2 rings (SSSR count). The Morgan fingerprint density at radius 3 is 2.75 bits per heavy atom. The van der Waals surface area contributed by atoms with Crippen molar-refractivity contribution in [1.82, 2.24) is 10.6 Å². The average Bonchev–Trinajstić information content (AvgIpc) is 3.04. The van der Waals surface area contributed by atoms with Crippen LogP contribution in [0.25, 0.3) is 0 Å². The smallest absolute Gasteiger partial charge is 0.246 e. The van der Waals surface area contributed by atoms with Crippen molar-refractivity contribution in [3.05, 3.63) is 0 Å². The molecule has 4 nitrogen and oxygen atoms in total. The van der Waals surface area contributed by atoms with Crippen molar-refractivity contribution in [2.45, 2.75) is 38.7 Å². The first-order valence-corrected chi connectivity index (χ1v) is 6.27. The highest BCUT2D eigenvalue weighted by molar-refractivity contribution is 5.77. The Balaban J connectivity index is 1.56. The highest BCUT2D eigenvalue weighted by Gasteiger charge is 2.37. The third-order valence-corrected chi connectivity index (χ3v) is 3.55. The number of rotatable bonds is 5. The van der Waals surface area contributed by atoms with E-state index in [4.69, 9.17) is 4.74 Å². The number of amides is 1. The molecule has 0 atom stereocenters. The van der Waals surface area contributed by atoms with Crippen LogP contribution in [0.2, 0.25) is 0 Å². The van der Waals surface area contributed by atoms with Crippen LogP contribution in [0.15, 0.2) is 0 Å². The topological polar surface area (TPSA) is 50.4 Å². The number of carbonyl (C=O) groups is 1. The molecule has 4 heteroatoms. The molecule has 1 saturated carbocycles. The molecule has 0 bridgehead atoms. The van der Waals surface area contributed by atoms with Crippen LogP contribution < -0.4 is 10.6 Å². The van der Waals surface area contributed by atoms with Crippen LogP contribution in [-0.4, -0.2) is 38.3 Å².